The van der Waals surface area contributed by atoms with Gasteiger partial charge >= 0.3 is 0 Å². The molecule has 3 aromatic rings. The van der Waals surface area contributed by atoms with Gasteiger partial charge in [0, 0.05) is 22.2 Å². The van der Waals surface area contributed by atoms with Crippen molar-refractivity contribution in [2.45, 2.75) is 27.3 Å². The highest BCUT2D eigenvalue weighted by atomic mass is 35.5. The van der Waals surface area contributed by atoms with Gasteiger partial charge in [0.05, 0.1) is 12.2 Å². The number of nitrogens with zero attached hydrogens (tertiary/aromatic N) is 2. The Morgan fingerprint density at radius 3 is 2.48 bits per heavy atom. The van der Waals surface area contributed by atoms with Gasteiger partial charge in [0.1, 0.15) is 5.82 Å². The van der Waals surface area contributed by atoms with Crippen molar-refractivity contribution in [3.8, 4) is 11.3 Å². The van der Waals surface area contributed by atoms with E-state index in [0.29, 0.717) is 5.69 Å². The first-order valence-electron chi connectivity index (χ1n) is 7.96. The predicted octanol–water partition coefficient (Wildman–Crippen LogP) is 4.68. The third-order valence-electron chi connectivity index (χ3n) is 4.35. The minimum atomic E-state index is -0.450. The summed E-state index contributed by atoms with van der Waals surface area (Å²) in [4.78, 5) is 12.2. The third kappa shape index (κ3) is 3.49. The molecule has 3 rings (SSSR count). The van der Waals surface area contributed by atoms with Crippen LogP contribution >= 0.6 is 11.6 Å². The molecule has 0 spiro atoms. The van der Waals surface area contributed by atoms with Crippen molar-refractivity contribution in [3.05, 3.63) is 85.9 Å². The summed E-state index contributed by atoms with van der Waals surface area (Å²) in [5, 5.41) is 4.71. The maximum Gasteiger partial charge on any atom is 0.267 e. The number of aryl methyl sites for hydroxylation is 3. The fourth-order valence-electron chi connectivity index (χ4n) is 2.78. The van der Waals surface area contributed by atoms with E-state index in [0.717, 1.165) is 16.7 Å². The van der Waals surface area contributed by atoms with Crippen molar-refractivity contribution in [2.24, 2.45) is 0 Å². The Morgan fingerprint density at radius 2 is 1.76 bits per heavy atom. The van der Waals surface area contributed by atoms with Crippen molar-refractivity contribution in [3.63, 3.8) is 0 Å². The molecule has 0 aliphatic heterocycles. The molecule has 0 radical (unpaired) electrons. The quantitative estimate of drug-likeness (QED) is 0.683. The van der Waals surface area contributed by atoms with Gasteiger partial charge in [-0.25, -0.2) is 9.07 Å². The molecule has 0 unspecified atom stereocenters. The summed E-state index contributed by atoms with van der Waals surface area (Å²) in [5.41, 5.74) is 5.01. The predicted molar refractivity (Wildman–Crippen MR) is 98.7 cm³/mol. The van der Waals surface area contributed by atoms with E-state index in [1.165, 1.54) is 28.4 Å². The van der Waals surface area contributed by atoms with Gasteiger partial charge in [0.2, 0.25) is 0 Å². The van der Waals surface area contributed by atoms with Crippen molar-refractivity contribution >= 4 is 11.6 Å². The third-order valence-corrected chi connectivity index (χ3v) is 4.71. The number of halogens is 2. The summed E-state index contributed by atoms with van der Waals surface area (Å²) in [7, 11) is 0. The maximum atomic E-state index is 14.0. The molecule has 3 nitrogen and oxygen atoms in total. The highest BCUT2D eigenvalue weighted by Crippen LogP contribution is 2.25. The lowest BCUT2D eigenvalue weighted by molar-refractivity contribution is 0.573. The van der Waals surface area contributed by atoms with E-state index < -0.39 is 5.82 Å². The largest absolute Gasteiger partial charge is 0.268 e. The molecule has 128 valence electrons. The summed E-state index contributed by atoms with van der Waals surface area (Å²) < 4.78 is 15.3. The normalized spacial score (nSPS) is 10.9. The van der Waals surface area contributed by atoms with Crippen LogP contribution in [-0.4, -0.2) is 9.78 Å². The summed E-state index contributed by atoms with van der Waals surface area (Å²) in [6, 6.07) is 11.7. The first-order chi connectivity index (χ1) is 11.9. The Bertz CT molecular complexity index is 991. The Labute approximate surface area is 150 Å². The van der Waals surface area contributed by atoms with Gasteiger partial charge in [-0.3, -0.25) is 4.79 Å². The lowest BCUT2D eigenvalue weighted by atomic mass is 9.99. The van der Waals surface area contributed by atoms with Crippen LogP contribution in [0, 0.1) is 26.6 Å². The van der Waals surface area contributed by atoms with Crippen molar-refractivity contribution in [1.29, 1.82) is 0 Å². The molecular formula is C20H18ClFN2O. The van der Waals surface area contributed by atoms with E-state index in [1.807, 2.05) is 13.8 Å². The molecule has 1 heterocycles. The Morgan fingerprint density at radius 1 is 1.04 bits per heavy atom. The number of hydrogen-bond donors (Lipinski definition) is 0. The zero-order valence-corrected chi connectivity index (χ0v) is 15.1. The van der Waals surface area contributed by atoms with Crippen LogP contribution in [0.2, 0.25) is 5.02 Å². The zero-order chi connectivity index (χ0) is 18.1. The van der Waals surface area contributed by atoms with E-state index in [9.17, 15) is 9.18 Å². The molecule has 5 heteroatoms. The molecule has 0 N–H and O–H groups in total. The van der Waals surface area contributed by atoms with E-state index in [2.05, 4.69) is 24.2 Å². The molecule has 25 heavy (non-hydrogen) atoms. The number of rotatable bonds is 3. The van der Waals surface area contributed by atoms with E-state index >= 15 is 0 Å². The van der Waals surface area contributed by atoms with Crippen LogP contribution in [0.1, 0.15) is 22.3 Å². The van der Waals surface area contributed by atoms with Crippen LogP contribution in [0.3, 0.4) is 0 Å². The molecule has 0 amide bonds. The van der Waals surface area contributed by atoms with Crippen molar-refractivity contribution < 1.29 is 4.39 Å². The smallest absolute Gasteiger partial charge is 0.267 e. The standard InChI is InChI=1S/C20H18ClFN2O/c1-12-9-14(3)15(10-13(12)2)19-7-8-20(25)24(23-19)11-16-17(21)5-4-6-18(16)22/h4-10H,11H2,1-3H3. The molecule has 0 bridgehead atoms. The van der Waals surface area contributed by atoms with E-state index in [1.54, 1.807) is 12.1 Å². The molecule has 0 aliphatic carbocycles. The van der Waals surface area contributed by atoms with Gasteiger partial charge < -0.3 is 0 Å². The number of hydrogen-bond acceptors (Lipinski definition) is 2. The summed E-state index contributed by atoms with van der Waals surface area (Å²) in [6.45, 7) is 6.09. The van der Waals surface area contributed by atoms with Crippen molar-refractivity contribution in [2.75, 3.05) is 0 Å². The van der Waals surface area contributed by atoms with Gasteiger partial charge in [-0.15, -0.1) is 0 Å². The SMILES string of the molecule is Cc1cc(C)c(-c2ccc(=O)n(Cc3c(F)cccc3Cl)n2)cc1C. The Balaban J connectivity index is 2.08. The fraction of sp³-hybridized carbons (Fsp3) is 0.200. The van der Waals surface area contributed by atoms with Gasteiger partial charge in [0.25, 0.3) is 5.56 Å². The van der Waals surface area contributed by atoms with Crippen LogP contribution in [0.15, 0.2) is 47.3 Å². The van der Waals surface area contributed by atoms with Crippen LogP contribution in [0.4, 0.5) is 4.39 Å². The number of benzene rings is 2. The van der Waals surface area contributed by atoms with E-state index in [-0.39, 0.29) is 22.7 Å². The molecule has 0 saturated heterocycles. The van der Waals surface area contributed by atoms with Gasteiger partial charge in [-0.05, 0) is 61.7 Å². The molecule has 1 aromatic heterocycles. The molecule has 0 aliphatic rings. The lowest BCUT2D eigenvalue weighted by Crippen LogP contribution is -2.23. The van der Waals surface area contributed by atoms with Gasteiger partial charge in [0.15, 0.2) is 0 Å². The van der Waals surface area contributed by atoms with Crippen LogP contribution < -0.4 is 5.56 Å². The molecule has 0 fully saturated rings. The summed E-state index contributed by atoms with van der Waals surface area (Å²) in [6.07, 6.45) is 0. The van der Waals surface area contributed by atoms with Gasteiger partial charge in [-0.1, -0.05) is 23.7 Å². The second-order valence-electron chi connectivity index (χ2n) is 6.17. The minimum absolute atomic E-state index is 0.0118. The fourth-order valence-corrected chi connectivity index (χ4v) is 3.00. The summed E-state index contributed by atoms with van der Waals surface area (Å²) in [5.74, 6) is -0.450. The highest BCUT2D eigenvalue weighted by molar-refractivity contribution is 6.31. The van der Waals surface area contributed by atoms with E-state index in [4.69, 9.17) is 11.6 Å². The Kier molecular flexibility index (Phi) is 4.73. The first-order valence-corrected chi connectivity index (χ1v) is 8.34. The van der Waals surface area contributed by atoms with Crippen molar-refractivity contribution in [1.82, 2.24) is 9.78 Å². The number of aromatic nitrogens is 2. The maximum absolute atomic E-state index is 14.0. The van der Waals surface area contributed by atoms with Crippen LogP contribution in [0.25, 0.3) is 11.3 Å². The second-order valence-corrected chi connectivity index (χ2v) is 6.57. The molecular weight excluding hydrogens is 339 g/mol. The first kappa shape index (κ1) is 17.4. The zero-order valence-electron chi connectivity index (χ0n) is 14.3. The lowest BCUT2D eigenvalue weighted by Gasteiger charge is -2.12. The second kappa shape index (κ2) is 6.81. The minimum Gasteiger partial charge on any atom is -0.268 e. The molecule has 0 atom stereocenters. The molecule has 2 aromatic carbocycles. The topological polar surface area (TPSA) is 34.9 Å². The van der Waals surface area contributed by atoms with Gasteiger partial charge in [-0.2, -0.15) is 5.10 Å². The average molecular weight is 357 g/mol. The Hall–Kier alpha value is -2.46. The monoisotopic (exact) mass is 356 g/mol. The average Bonchev–Trinajstić information content (AvgIpc) is 2.56. The highest BCUT2D eigenvalue weighted by Gasteiger charge is 2.12. The molecule has 0 saturated carbocycles. The van der Waals surface area contributed by atoms with Crippen LogP contribution in [0.5, 0.6) is 0 Å². The van der Waals surface area contributed by atoms with Crippen LogP contribution in [-0.2, 0) is 6.54 Å². The summed E-state index contributed by atoms with van der Waals surface area (Å²) >= 11 is 6.07.